The fourth-order valence-electron chi connectivity index (χ4n) is 3.01. The maximum atomic E-state index is 12.3. The van der Waals surface area contributed by atoms with Gasteiger partial charge in [0.05, 0.1) is 4.92 Å². The van der Waals surface area contributed by atoms with Crippen molar-refractivity contribution in [1.29, 1.82) is 0 Å². The molecule has 1 aromatic carbocycles. The number of ether oxygens (including phenoxy) is 1. The summed E-state index contributed by atoms with van der Waals surface area (Å²) in [6, 6.07) is 6.23. The van der Waals surface area contributed by atoms with Crippen molar-refractivity contribution in [3.63, 3.8) is 0 Å². The van der Waals surface area contributed by atoms with Crippen LogP contribution in [0, 0.1) is 10.1 Å². The molecule has 9 heteroatoms. The molecular weight excluding hydrogens is 344 g/mol. The van der Waals surface area contributed by atoms with E-state index in [0.29, 0.717) is 43.6 Å². The Bertz CT molecular complexity index is 670. The molecule has 0 spiro atoms. The van der Waals surface area contributed by atoms with Crippen LogP contribution >= 0.6 is 12.2 Å². The zero-order valence-electron chi connectivity index (χ0n) is 13.7. The van der Waals surface area contributed by atoms with Crippen LogP contribution in [0.5, 0.6) is 0 Å². The molecule has 3 rings (SSSR count). The quantitative estimate of drug-likeness (QED) is 0.495. The first-order chi connectivity index (χ1) is 12.0. The van der Waals surface area contributed by atoms with Crippen LogP contribution in [0.1, 0.15) is 12.8 Å². The molecule has 2 heterocycles. The molecule has 1 atom stereocenters. The van der Waals surface area contributed by atoms with Crippen LogP contribution in [0.15, 0.2) is 24.3 Å². The molecule has 1 aromatic rings. The van der Waals surface area contributed by atoms with Gasteiger partial charge in [-0.2, -0.15) is 0 Å². The van der Waals surface area contributed by atoms with Gasteiger partial charge in [-0.1, -0.05) is 6.07 Å². The molecule has 2 fully saturated rings. The van der Waals surface area contributed by atoms with Crippen LogP contribution in [0.2, 0.25) is 0 Å². The SMILES string of the molecule is O=C([C@H]1CCCO1)N1CCN(C(=S)Nc2cccc([N+](=O)[O-])c2)CC1. The van der Waals surface area contributed by atoms with E-state index in [1.54, 1.807) is 12.1 Å². The number of nitrogens with zero attached hydrogens (tertiary/aromatic N) is 3. The van der Waals surface area contributed by atoms with Crippen molar-refractivity contribution in [2.24, 2.45) is 0 Å². The van der Waals surface area contributed by atoms with E-state index < -0.39 is 4.92 Å². The fourth-order valence-corrected chi connectivity index (χ4v) is 3.31. The Morgan fingerprint density at radius 2 is 2.00 bits per heavy atom. The standard InChI is InChI=1S/C16H20N4O4S/c21-15(14-5-2-10-24-14)18-6-8-19(9-7-18)16(25)17-12-3-1-4-13(11-12)20(22)23/h1,3-4,11,14H,2,5-10H2,(H,17,25)/t14-/m1/s1. The van der Waals surface area contributed by atoms with E-state index in [4.69, 9.17) is 17.0 Å². The molecule has 0 aliphatic carbocycles. The zero-order valence-corrected chi connectivity index (χ0v) is 14.5. The van der Waals surface area contributed by atoms with E-state index in [1.165, 1.54) is 12.1 Å². The van der Waals surface area contributed by atoms with Crippen molar-refractivity contribution in [3.8, 4) is 0 Å². The van der Waals surface area contributed by atoms with Gasteiger partial charge >= 0.3 is 0 Å². The van der Waals surface area contributed by atoms with Gasteiger partial charge in [-0.05, 0) is 31.1 Å². The van der Waals surface area contributed by atoms with Gasteiger partial charge in [-0.25, -0.2) is 0 Å². The highest BCUT2D eigenvalue weighted by Crippen LogP contribution is 2.19. The summed E-state index contributed by atoms with van der Waals surface area (Å²) in [6.07, 6.45) is 1.45. The third kappa shape index (κ3) is 4.23. The van der Waals surface area contributed by atoms with Crippen LogP contribution in [0.25, 0.3) is 0 Å². The molecule has 8 nitrogen and oxygen atoms in total. The lowest BCUT2D eigenvalue weighted by Gasteiger charge is -2.37. The molecular formula is C16H20N4O4S. The molecule has 2 aliphatic rings. The number of carbonyl (C=O) groups is 1. The van der Waals surface area contributed by atoms with Crippen molar-refractivity contribution in [2.75, 3.05) is 38.1 Å². The van der Waals surface area contributed by atoms with Crippen LogP contribution in [0.4, 0.5) is 11.4 Å². The Morgan fingerprint density at radius 3 is 2.64 bits per heavy atom. The molecule has 1 amide bonds. The average Bonchev–Trinajstić information content (AvgIpc) is 3.16. The first-order valence-corrected chi connectivity index (χ1v) is 8.66. The number of piperazine rings is 1. The number of carbonyl (C=O) groups excluding carboxylic acids is 1. The normalized spacial score (nSPS) is 20.4. The van der Waals surface area contributed by atoms with E-state index in [0.717, 1.165) is 12.8 Å². The fraction of sp³-hybridized carbons (Fsp3) is 0.500. The molecule has 2 aliphatic heterocycles. The first-order valence-electron chi connectivity index (χ1n) is 8.25. The highest BCUT2D eigenvalue weighted by atomic mass is 32.1. The van der Waals surface area contributed by atoms with E-state index in [1.807, 2.05) is 9.80 Å². The van der Waals surface area contributed by atoms with Gasteiger partial charge in [0.25, 0.3) is 11.6 Å². The molecule has 25 heavy (non-hydrogen) atoms. The number of nitrogens with one attached hydrogen (secondary N) is 1. The summed E-state index contributed by atoms with van der Waals surface area (Å²) in [5.74, 6) is 0.0645. The van der Waals surface area contributed by atoms with Crippen LogP contribution in [0.3, 0.4) is 0 Å². The molecule has 134 valence electrons. The van der Waals surface area contributed by atoms with Gasteiger partial charge in [0.1, 0.15) is 6.10 Å². The molecule has 0 unspecified atom stereocenters. The van der Waals surface area contributed by atoms with Gasteiger partial charge in [0.15, 0.2) is 5.11 Å². The van der Waals surface area contributed by atoms with Crippen molar-refractivity contribution in [2.45, 2.75) is 18.9 Å². The number of amides is 1. The van der Waals surface area contributed by atoms with Crippen molar-refractivity contribution >= 4 is 34.6 Å². The van der Waals surface area contributed by atoms with E-state index in [9.17, 15) is 14.9 Å². The monoisotopic (exact) mass is 364 g/mol. The summed E-state index contributed by atoms with van der Waals surface area (Å²) in [5, 5.41) is 14.4. The highest BCUT2D eigenvalue weighted by Gasteiger charge is 2.30. The van der Waals surface area contributed by atoms with E-state index in [-0.39, 0.29) is 17.7 Å². The van der Waals surface area contributed by atoms with Crippen LogP contribution in [-0.2, 0) is 9.53 Å². The summed E-state index contributed by atoms with van der Waals surface area (Å²) in [7, 11) is 0. The van der Waals surface area contributed by atoms with Crippen molar-refractivity contribution in [1.82, 2.24) is 9.80 Å². The third-order valence-electron chi connectivity index (χ3n) is 4.39. The number of hydrogen-bond donors (Lipinski definition) is 1. The summed E-state index contributed by atoms with van der Waals surface area (Å²) in [6.45, 7) is 3.09. The Labute approximate surface area is 150 Å². The lowest BCUT2D eigenvalue weighted by Crippen LogP contribution is -2.53. The van der Waals surface area contributed by atoms with Crippen molar-refractivity contribution in [3.05, 3.63) is 34.4 Å². The minimum Gasteiger partial charge on any atom is -0.368 e. The number of non-ortho nitro benzene ring substituents is 1. The molecule has 0 bridgehead atoms. The topological polar surface area (TPSA) is 88.0 Å². The molecule has 1 N–H and O–H groups in total. The number of thiocarbonyl (C=S) groups is 1. The minimum atomic E-state index is -0.441. The second-order valence-electron chi connectivity index (χ2n) is 6.05. The molecule has 0 saturated carbocycles. The number of nitro benzene ring substituents is 1. The summed E-state index contributed by atoms with van der Waals surface area (Å²) in [5.41, 5.74) is 0.594. The smallest absolute Gasteiger partial charge is 0.271 e. The van der Waals surface area contributed by atoms with Crippen molar-refractivity contribution < 1.29 is 14.5 Å². The number of anilines is 1. The third-order valence-corrected chi connectivity index (χ3v) is 4.75. The van der Waals surface area contributed by atoms with Gasteiger partial charge in [0.2, 0.25) is 0 Å². The average molecular weight is 364 g/mol. The number of benzene rings is 1. The second kappa shape index (κ2) is 7.75. The maximum absolute atomic E-state index is 12.3. The van der Waals surface area contributed by atoms with E-state index >= 15 is 0 Å². The second-order valence-corrected chi connectivity index (χ2v) is 6.44. The Morgan fingerprint density at radius 1 is 1.28 bits per heavy atom. The number of hydrogen-bond acceptors (Lipinski definition) is 5. The van der Waals surface area contributed by atoms with Crippen LogP contribution < -0.4 is 5.32 Å². The lowest BCUT2D eigenvalue weighted by molar-refractivity contribution is -0.384. The minimum absolute atomic E-state index is 0.0137. The predicted molar refractivity (Wildman–Crippen MR) is 96.4 cm³/mol. The Hall–Kier alpha value is -2.26. The molecule has 0 aromatic heterocycles. The van der Waals surface area contributed by atoms with Gasteiger partial charge < -0.3 is 19.9 Å². The number of rotatable bonds is 3. The van der Waals surface area contributed by atoms with Gasteiger partial charge in [0, 0.05) is 50.6 Å². The summed E-state index contributed by atoms with van der Waals surface area (Å²) < 4.78 is 5.45. The maximum Gasteiger partial charge on any atom is 0.271 e. The van der Waals surface area contributed by atoms with Gasteiger partial charge in [-0.3, -0.25) is 14.9 Å². The molecule has 0 radical (unpaired) electrons. The summed E-state index contributed by atoms with van der Waals surface area (Å²) in [4.78, 5) is 26.5. The molecule has 2 saturated heterocycles. The lowest BCUT2D eigenvalue weighted by atomic mass is 10.2. The largest absolute Gasteiger partial charge is 0.368 e. The van der Waals surface area contributed by atoms with Crippen LogP contribution in [-0.4, -0.2) is 64.6 Å². The van der Waals surface area contributed by atoms with E-state index in [2.05, 4.69) is 5.32 Å². The Balaban J connectivity index is 1.52. The summed E-state index contributed by atoms with van der Waals surface area (Å²) >= 11 is 5.39. The number of nitro groups is 1. The van der Waals surface area contributed by atoms with Gasteiger partial charge in [-0.15, -0.1) is 0 Å². The first kappa shape index (κ1) is 17.6. The predicted octanol–water partition coefficient (Wildman–Crippen LogP) is 1.61. The highest BCUT2D eigenvalue weighted by molar-refractivity contribution is 7.80. The zero-order chi connectivity index (χ0) is 17.8. The Kier molecular flexibility index (Phi) is 5.44.